The summed E-state index contributed by atoms with van der Waals surface area (Å²) in [4.78, 5) is 18.2. The zero-order chi connectivity index (χ0) is 28.9. The van der Waals surface area contributed by atoms with Gasteiger partial charge in [-0.25, -0.2) is 13.8 Å². The van der Waals surface area contributed by atoms with Gasteiger partial charge in [-0.05, 0) is 61.7 Å². The van der Waals surface area contributed by atoms with E-state index >= 15 is 0 Å². The van der Waals surface area contributed by atoms with Crippen molar-refractivity contribution in [3.05, 3.63) is 86.1 Å². The lowest BCUT2D eigenvalue weighted by molar-refractivity contribution is -0.104. The molecule has 0 unspecified atom stereocenters. The minimum absolute atomic E-state index is 0.141. The molecule has 1 spiro atoms. The number of nitrogens with one attached hydrogen (secondary N) is 2. The third kappa shape index (κ3) is 5.72. The van der Waals surface area contributed by atoms with Crippen LogP contribution in [0.3, 0.4) is 0 Å². The Bertz CT molecular complexity index is 1630. The van der Waals surface area contributed by atoms with Crippen molar-refractivity contribution in [1.82, 2.24) is 20.5 Å². The average molecular weight is 662 g/mol. The first-order valence-electron chi connectivity index (χ1n) is 13.2. The lowest BCUT2D eigenvalue weighted by Gasteiger charge is -2.45. The van der Waals surface area contributed by atoms with Gasteiger partial charge in [0.25, 0.3) is 5.91 Å². The zero-order valence-corrected chi connectivity index (χ0v) is 25.0. The molecule has 41 heavy (non-hydrogen) atoms. The molecule has 6 rings (SSSR count). The van der Waals surface area contributed by atoms with Crippen molar-refractivity contribution >= 4 is 45.0 Å². The Morgan fingerprint density at radius 2 is 1.78 bits per heavy atom. The van der Waals surface area contributed by atoms with Gasteiger partial charge < -0.3 is 10.1 Å². The summed E-state index contributed by atoms with van der Waals surface area (Å²) in [5.74, 6) is -2.84. The quantitative estimate of drug-likeness (QED) is 0.229. The molecule has 0 radical (unpaired) electrons. The summed E-state index contributed by atoms with van der Waals surface area (Å²) in [6.07, 6.45) is 0.0155. The Hall–Kier alpha value is -3.01. The summed E-state index contributed by atoms with van der Waals surface area (Å²) in [5.41, 5.74) is 3.57. The van der Waals surface area contributed by atoms with E-state index in [9.17, 15) is 13.6 Å². The van der Waals surface area contributed by atoms with Crippen LogP contribution in [0.1, 0.15) is 59.9 Å². The van der Waals surface area contributed by atoms with Crippen LogP contribution in [0.25, 0.3) is 22.4 Å². The maximum absolute atomic E-state index is 14.2. The Morgan fingerprint density at radius 3 is 2.44 bits per heavy atom. The number of nitrogens with zero attached hydrogens (tertiary/aromatic N) is 2. The fraction of sp³-hybridized carbons (Fsp3) is 0.300. The highest BCUT2D eigenvalue weighted by Gasteiger charge is 2.49. The van der Waals surface area contributed by atoms with Gasteiger partial charge in [-0.1, -0.05) is 57.3 Å². The molecule has 11 heteroatoms. The van der Waals surface area contributed by atoms with Gasteiger partial charge in [-0.3, -0.25) is 9.89 Å². The van der Waals surface area contributed by atoms with Gasteiger partial charge in [0, 0.05) is 51.1 Å². The summed E-state index contributed by atoms with van der Waals surface area (Å²) in [7, 11) is 0. The number of halogens is 5. The minimum Gasteiger partial charge on any atom is -0.471 e. The van der Waals surface area contributed by atoms with Crippen LogP contribution >= 0.6 is 39.1 Å². The molecule has 1 fully saturated rings. The van der Waals surface area contributed by atoms with E-state index in [2.05, 4.69) is 31.4 Å². The van der Waals surface area contributed by atoms with Gasteiger partial charge in [-0.15, -0.1) is 0 Å². The van der Waals surface area contributed by atoms with Gasteiger partial charge in [0.2, 0.25) is 11.8 Å². The van der Waals surface area contributed by atoms with Crippen molar-refractivity contribution in [2.24, 2.45) is 0 Å². The molecule has 1 aliphatic carbocycles. The first kappa shape index (κ1) is 28.1. The van der Waals surface area contributed by atoms with E-state index in [1.54, 1.807) is 24.3 Å². The Labute approximate surface area is 253 Å². The van der Waals surface area contributed by atoms with Crippen LogP contribution < -0.4 is 10.1 Å². The van der Waals surface area contributed by atoms with Gasteiger partial charge >= 0.3 is 0 Å². The number of alkyl halides is 2. The second kappa shape index (κ2) is 10.7. The number of pyridine rings is 1. The van der Waals surface area contributed by atoms with Crippen LogP contribution in [0.5, 0.6) is 5.88 Å². The van der Waals surface area contributed by atoms with Crippen LogP contribution in [0.15, 0.2) is 59.1 Å². The number of aromatic nitrogens is 3. The molecule has 1 saturated carbocycles. The molecule has 1 amide bonds. The molecule has 2 aliphatic rings. The highest BCUT2D eigenvalue weighted by atomic mass is 79.9. The molecule has 6 nitrogen and oxygen atoms in total. The normalized spacial score (nSPS) is 18.9. The van der Waals surface area contributed by atoms with Crippen LogP contribution in [0.2, 0.25) is 10.0 Å². The second-order valence-corrected chi connectivity index (χ2v) is 12.5. The summed E-state index contributed by atoms with van der Waals surface area (Å²) in [6.45, 7) is 1.81. The Morgan fingerprint density at radius 1 is 1.05 bits per heavy atom. The van der Waals surface area contributed by atoms with E-state index in [0.717, 1.165) is 21.3 Å². The summed E-state index contributed by atoms with van der Waals surface area (Å²) in [5, 5.41) is 11.0. The third-order valence-corrected chi connectivity index (χ3v) is 8.82. The molecule has 3 heterocycles. The molecule has 0 saturated heterocycles. The number of ether oxygens (including phenoxy) is 1. The van der Waals surface area contributed by atoms with E-state index in [0.29, 0.717) is 33.3 Å². The van der Waals surface area contributed by atoms with Gasteiger partial charge in [0.15, 0.2) is 0 Å². The lowest BCUT2D eigenvalue weighted by atomic mass is 9.76. The van der Waals surface area contributed by atoms with E-state index in [1.165, 1.54) is 0 Å². The van der Waals surface area contributed by atoms with E-state index in [1.807, 2.05) is 37.3 Å². The first-order chi connectivity index (χ1) is 19.5. The monoisotopic (exact) mass is 660 g/mol. The number of aromatic amines is 1. The Balaban J connectivity index is 1.50. The number of carbonyl (C=O) groups is 1. The van der Waals surface area contributed by atoms with Crippen molar-refractivity contribution in [1.29, 1.82) is 0 Å². The highest BCUT2D eigenvalue weighted by molar-refractivity contribution is 9.10. The van der Waals surface area contributed by atoms with Crippen molar-refractivity contribution in [2.75, 3.05) is 0 Å². The zero-order valence-electron chi connectivity index (χ0n) is 21.9. The number of amides is 1. The van der Waals surface area contributed by atoms with E-state index < -0.39 is 17.6 Å². The van der Waals surface area contributed by atoms with Crippen LogP contribution in [-0.4, -0.2) is 32.6 Å². The first-order valence-corrected chi connectivity index (χ1v) is 14.7. The van der Waals surface area contributed by atoms with E-state index in [4.69, 9.17) is 32.9 Å². The molecule has 2 aromatic carbocycles. The van der Waals surface area contributed by atoms with Gasteiger partial charge in [-0.2, -0.15) is 5.10 Å². The van der Waals surface area contributed by atoms with Crippen molar-refractivity contribution in [3.8, 4) is 28.3 Å². The predicted molar refractivity (Wildman–Crippen MR) is 158 cm³/mol. The third-order valence-electron chi connectivity index (χ3n) is 7.76. The lowest BCUT2D eigenvalue weighted by Crippen LogP contribution is -2.49. The number of rotatable bonds is 4. The molecule has 4 aromatic rings. The SMILES string of the molecule is Cc1cc(C(=O)N[C@@H]2CC3(CCC(F)(F)CC3)Oc3nc(-c4ccc(Br)cc4Cl)c(-c4ccc(Cl)cc4)cc32)n[nH]1. The highest BCUT2D eigenvalue weighted by Crippen LogP contribution is 2.51. The van der Waals surface area contributed by atoms with Crippen molar-refractivity contribution in [3.63, 3.8) is 0 Å². The number of carbonyl (C=O) groups excluding carboxylic acids is 1. The smallest absolute Gasteiger partial charge is 0.272 e. The Kier molecular flexibility index (Phi) is 7.32. The maximum Gasteiger partial charge on any atom is 0.272 e. The summed E-state index contributed by atoms with van der Waals surface area (Å²) in [6, 6.07) is 15.9. The van der Waals surface area contributed by atoms with E-state index in [-0.39, 0.29) is 43.2 Å². The predicted octanol–water partition coefficient (Wildman–Crippen LogP) is 8.72. The largest absolute Gasteiger partial charge is 0.471 e. The number of hydrogen-bond acceptors (Lipinski definition) is 4. The van der Waals surface area contributed by atoms with Crippen LogP contribution in [0.4, 0.5) is 8.78 Å². The number of aryl methyl sites for hydroxylation is 1. The van der Waals surface area contributed by atoms with Crippen molar-refractivity contribution in [2.45, 2.75) is 56.6 Å². The molecule has 1 atom stereocenters. The molecule has 212 valence electrons. The molecular formula is C30H25BrCl2F2N4O2. The standard InChI is InChI=1S/C30H25BrCl2F2N4O2/c1-16-12-24(39-38-16)27(40)36-25-15-29(8-10-30(34,35)11-9-29)41-28-22(25)14-21(17-2-5-19(32)6-3-17)26(37-28)20-7-4-18(31)13-23(20)33/h2-7,12-14,25H,8-11,15H2,1H3,(H,36,40)(H,38,39)/t25-/m1/s1. The minimum atomic E-state index is -2.75. The number of fused-ring (bicyclic) bond motifs is 1. The summed E-state index contributed by atoms with van der Waals surface area (Å²) < 4.78 is 35.8. The molecule has 2 N–H and O–H groups in total. The van der Waals surface area contributed by atoms with Gasteiger partial charge in [0.05, 0.1) is 16.8 Å². The molecule has 2 aromatic heterocycles. The summed E-state index contributed by atoms with van der Waals surface area (Å²) >= 11 is 16.3. The van der Waals surface area contributed by atoms with Gasteiger partial charge in [0.1, 0.15) is 11.3 Å². The van der Waals surface area contributed by atoms with Crippen LogP contribution in [-0.2, 0) is 0 Å². The van der Waals surface area contributed by atoms with Crippen molar-refractivity contribution < 1.29 is 18.3 Å². The van der Waals surface area contributed by atoms with Crippen LogP contribution in [0, 0.1) is 6.92 Å². The fourth-order valence-corrected chi connectivity index (χ4v) is 6.47. The average Bonchev–Trinajstić information content (AvgIpc) is 3.37. The fourth-order valence-electron chi connectivity index (χ4n) is 5.58. The molecular weight excluding hydrogens is 637 g/mol. The number of hydrogen-bond donors (Lipinski definition) is 2. The molecule has 1 aliphatic heterocycles. The number of H-pyrrole nitrogens is 1. The maximum atomic E-state index is 14.2. The topological polar surface area (TPSA) is 79.9 Å². The second-order valence-electron chi connectivity index (χ2n) is 10.7. The number of benzene rings is 2. The molecule has 0 bridgehead atoms.